The van der Waals surface area contributed by atoms with Crippen LogP contribution < -0.4 is 10.1 Å². The number of nitrogens with one attached hydrogen (secondary N) is 1. The molecule has 1 N–H and O–H groups in total. The van der Waals surface area contributed by atoms with E-state index in [4.69, 9.17) is 14.3 Å². The van der Waals surface area contributed by atoms with Gasteiger partial charge in [-0.1, -0.05) is 18.2 Å². The van der Waals surface area contributed by atoms with Gasteiger partial charge in [-0.25, -0.2) is 4.68 Å². The van der Waals surface area contributed by atoms with Gasteiger partial charge in [0.15, 0.2) is 0 Å². The number of aromatic nitrogens is 2. The quantitative estimate of drug-likeness (QED) is 0.416. The Kier molecular flexibility index (Phi) is 6.44. The molecule has 0 spiro atoms. The number of methoxy groups -OCH3 is 1. The lowest BCUT2D eigenvalue weighted by Crippen LogP contribution is -2.36. The summed E-state index contributed by atoms with van der Waals surface area (Å²) in [5.74, 6) is 1.46. The maximum Gasteiger partial charge on any atom is 0.255 e. The van der Waals surface area contributed by atoms with Crippen molar-refractivity contribution in [1.82, 2.24) is 20.0 Å². The lowest BCUT2D eigenvalue weighted by Gasteiger charge is -2.26. The summed E-state index contributed by atoms with van der Waals surface area (Å²) in [6, 6.07) is 21.3. The number of likely N-dealkylation sites (tertiary alicyclic amines) is 1. The number of amides is 1. The lowest BCUT2D eigenvalue weighted by atomic mass is 10.1. The summed E-state index contributed by atoms with van der Waals surface area (Å²) in [6.07, 6.45) is 5.81. The molecule has 1 aliphatic rings. The molecule has 0 aliphatic carbocycles. The van der Waals surface area contributed by atoms with Gasteiger partial charge in [0.05, 0.1) is 30.7 Å². The highest BCUT2D eigenvalue weighted by Gasteiger charge is 2.27. The number of para-hydroxylation sites is 1. The Hall–Kier alpha value is -3.84. The van der Waals surface area contributed by atoms with Crippen LogP contribution in [0.25, 0.3) is 16.9 Å². The largest absolute Gasteiger partial charge is 0.497 e. The van der Waals surface area contributed by atoms with Crippen molar-refractivity contribution >= 4 is 5.91 Å². The topological polar surface area (TPSA) is 72.5 Å². The number of rotatable bonds is 8. The summed E-state index contributed by atoms with van der Waals surface area (Å²) in [5, 5.41) is 7.91. The summed E-state index contributed by atoms with van der Waals surface area (Å²) in [7, 11) is 1.63. The molecule has 1 unspecified atom stereocenters. The highest BCUT2D eigenvalue weighted by molar-refractivity contribution is 6.00. The fraction of sp³-hybridized carbons (Fsp3) is 0.259. The second-order valence-corrected chi connectivity index (χ2v) is 8.38. The number of furan rings is 1. The Bertz CT molecular complexity index is 1210. The number of nitrogens with zero attached hydrogens (tertiary/aromatic N) is 3. The van der Waals surface area contributed by atoms with Crippen LogP contribution in [0.1, 0.15) is 35.0 Å². The van der Waals surface area contributed by atoms with Crippen LogP contribution in [-0.4, -0.2) is 47.3 Å². The first-order valence-electron chi connectivity index (χ1n) is 11.6. The maximum atomic E-state index is 13.5. The lowest BCUT2D eigenvalue weighted by molar-refractivity contribution is 0.0934. The van der Waals surface area contributed by atoms with Gasteiger partial charge in [-0.2, -0.15) is 5.10 Å². The number of benzene rings is 2. The van der Waals surface area contributed by atoms with Gasteiger partial charge in [0.1, 0.15) is 17.2 Å². The molecule has 7 nitrogen and oxygen atoms in total. The fourth-order valence-corrected chi connectivity index (χ4v) is 4.44. The molecule has 1 amide bonds. The second-order valence-electron chi connectivity index (χ2n) is 8.38. The molecule has 1 fully saturated rings. The molecule has 1 saturated heterocycles. The van der Waals surface area contributed by atoms with Crippen LogP contribution in [0.15, 0.2) is 83.6 Å². The van der Waals surface area contributed by atoms with Gasteiger partial charge < -0.3 is 14.5 Å². The van der Waals surface area contributed by atoms with Crippen LogP contribution >= 0.6 is 0 Å². The van der Waals surface area contributed by atoms with Gasteiger partial charge in [-0.3, -0.25) is 9.69 Å². The fourth-order valence-electron chi connectivity index (χ4n) is 4.44. The maximum absolute atomic E-state index is 13.5. The predicted octanol–water partition coefficient (Wildman–Crippen LogP) is 4.71. The van der Waals surface area contributed by atoms with E-state index in [1.165, 1.54) is 0 Å². The molecule has 34 heavy (non-hydrogen) atoms. The SMILES string of the molecule is COc1ccc(-c2nn(-c3ccccc3)cc2C(=O)NCC(c2ccco2)N2CCCC2)cc1. The van der Waals surface area contributed by atoms with Crippen LogP contribution in [0.3, 0.4) is 0 Å². The molecule has 4 aromatic rings. The highest BCUT2D eigenvalue weighted by atomic mass is 16.5. The standard InChI is InChI=1S/C27H28N4O3/c1-33-22-13-11-20(12-14-22)26-23(19-31(29-26)21-8-3-2-4-9-21)27(32)28-18-24(25-10-7-17-34-25)30-15-5-6-16-30/h2-4,7-14,17,19,24H,5-6,15-16,18H2,1H3,(H,28,32). The van der Waals surface area contributed by atoms with Crippen molar-refractivity contribution in [1.29, 1.82) is 0 Å². The normalized spacial score (nSPS) is 14.7. The summed E-state index contributed by atoms with van der Waals surface area (Å²) in [4.78, 5) is 15.8. The number of carbonyl (C=O) groups is 1. The van der Waals surface area contributed by atoms with Crippen molar-refractivity contribution in [3.8, 4) is 22.7 Å². The molecule has 1 aliphatic heterocycles. The zero-order chi connectivity index (χ0) is 23.3. The third-order valence-corrected chi connectivity index (χ3v) is 6.25. The van der Waals surface area contributed by atoms with Gasteiger partial charge >= 0.3 is 0 Å². The highest BCUT2D eigenvalue weighted by Crippen LogP contribution is 2.27. The third-order valence-electron chi connectivity index (χ3n) is 6.25. The molecule has 0 radical (unpaired) electrons. The molecule has 2 aromatic carbocycles. The van der Waals surface area contributed by atoms with E-state index < -0.39 is 0 Å². The molecule has 2 aromatic heterocycles. The molecule has 3 heterocycles. The summed E-state index contributed by atoms with van der Waals surface area (Å²) in [6.45, 7) is 2.47. The van der Waals surface area contributed by atoms with E-state index in [1.807, 2.05) is 66.7 Å². The minimum atomic E-state index is -0.163. The van der Waals surface area contributed by atoms with Gasteiger partial charge in [0.25, 0.3) is 5.91 Å². The number of hydrogen-bond acceptors (Lipinski definition) is 5. The molecule has 174 valence electrons. The first-order chi connectivity index (χ1) is 16.7. The van der Waals surface area contributed by atoms with Crippen LogP contribution in [0.2, 0.25) is 0 Å². The van der Waals surface area contributed by atoms with E-state index in [2.05, 4.69) is 10.2 Å². The first-order valence-corrected chi connectivity index (χ1v) is 11.6. The van der Waals surface area contributed by atoms with Gasteiger partial charge in [-0.15, -0.1) is 0 Å². The Morgan fingerprint density at radius 3 is 2.50 bits per heavy atom. The molecular weight excluding hydrogens is 428 g/mol. The number of hydrogen-bond donors (Lipinski definition) is 1. The number of carbonyl (C=O) groups excluding carboxylic acids is 1. The monoisotopic (exact) mass is 456 g/mol. The van der Waals surface area contributed by atoms with E-state index in [-0.39, 0.29) is 11.9 Å². The Morgan fingerprint density at radius 1 is 1.06 bits per heavy atom. The Balaban J connectivity index is 1.43. The minimum absolute atomic E-state index is 0.00931. The molecule has 1 atom stereocenters. The zero-order valence-electron chi connectivity index (χ0n) is 19.2. The van der Waals surface area contributed by atoms with Crippen LogP contribution in [-0.2, 0) is 0 Å². The molecular formula is C27H28N4O3. The van der Waals surface area contributed by atoms with Crippen molar-refractivity contribution < 1.29 is 13.9 Å². The van der Waals surface area contributed by atoms with Crippen molar-refractivity contribution in [3.05, 3.63) is 90.5 Å². The molecule has 0 saturated carbocycles. The minimum Gasteiger partial charge on any atom is -0.497 e. The van der Waals surface area contributed by atoms with E-state index in [0.717, 1.165) is 48.7 Å². The van der Waals surface area contributed by atoms with Crippen LogP contribution in [0.4, 0.5) is 0 Å². The van der Waals surface area contributed by atoms with E-state index in [1.54, 1.807) is 24.3 Å². The van der Waals surface area contributed by atoms with Crippen molar-refractivity contribution in [2.24, 2.45) is 0 Å². The van der Waals surface area contributed by atoms with Crippen molar-refractivity contribution in [2.45, 2.75) is 18.9 Å². The summed E-state index contributed by atoms with van der Waals surface area (Å²) < 4.78 is 12.7. The first kappa shape index (κ1) is 22.0. The Labute approximate surface area is 199 Å². The summed E-state index contributed by atoms with van der Waals surface area (Å²) in [5.41, 5.74) is 2.89. The predicted molar refractivity (Wildman–Crippen MR) is 130 cm³/mol. The van der Waals surface area contributed by atoms with Gasteiger partial charge in [0, 0.05) is 18.3 Å². The Morgan fingerprint density at radius 2 is 1.82 bits per heavy atom. The van der Waals surface area contributed by atoms with E-state index >= 15 is 0 Å². The smallest absolute Gasteiger partial charge is 0.255 e. The number of ether oxygens (including phenoxy) is 1. The van der Waals surface area contributed by atoms with E-state index in [9.17, 15) is 4.79 Å². The third kappa shape index (κ3) is 4.61. The molecule has 7 heteroatoms. The average molecular weight is 457 g/mol. The molecule has 0 bridgehead atoms. The van der Waals surface area contributed by atoms with Crippen molar-refractivity contribution in [3.63, 3.8) is 0 Å². The van der Waals surface area contributed by atoms with Gasteiger partial charge in [-0.05, 0) is 74.5 Å². The van der Waals surface area contributed by atoms with Crippen LogP contribution in [0.5, 0.6) is 5.75 Å². The van der Waals surface area contributed by atoms with Crippen molar-refractivity contribution in [2.75, 3.05) is 26.7 Å². The molecule has 5 rings (SSSR count). The van der Waals surface area contributed by atoms with Crippen LogP contribution in [0, 0.1) is 0 Å². The zero-order valence-corrected chi connectivity index (χ0v) is 19.2. The van der Waals surface area contributed by atoms with E-state index in [0.29, 0.717) is 17.8 Å². The summed E-state index contributed by atoms with van der Waals surface area (Å²) >= 11 is 0. The second kappa shape index (κ2) is 9.97. The van der Waals surface area contributed by atoms with Gasteiger partial charge in [0.2, 0.25) is 0 Å². The average Bonchev–Trinajstić information content (AvgIpc) is 3.67.